The molecular weight excluding hydrogens is 463 g/mol. The molecule has 0 aliphatic carbocycles. The summed E-state index contributed by atoms with van der Waals surface area (Å²) in [7, 11) is 2.00. The molecule has 8 heteroatoms. The van der Waals surface area contributed by atoms with Crippen LogP contribution in [0.2, 0.25) is 0 Å². The number of hydrogen-bond acceptors (Lipinski definition) is 4. The number of carboxylic acids is 1. The van der Waals surface area contributed by atoms with E-state index in [1.807, 2.05) is 39.1 Å². The topological polar surface area (TPSA) is 49.8 Å². The quantitative estimate of drug-likeness (QED) is 0.371. The number of thiophene rings is 1. The van der Waals surface area contributed by atoms with E-state index in [-0.39, 0.29) is 0 Å². The largest absolute Gasteiger partial charge is 0.478 e. The summed E-state index contributed by atoms with van der Waals surface area (Å²) in [5.41, 5.74) is 1.83. The molecule has 34 heavy (non-hydrogen) atoms. The number of carboxylic acid groups (broad SMARTS) is 1. The van der Waals surface area contributed by atoms with Crippen LogP contribution in [0.15, 0.2) is 48.5 Å². The van der Waals surface area contributed by atoms with Crippen LogP contribution in [0.1, 0.15) is 41.0 Å². The lowest BCUT2D eigenvalue weighted by Gasteiger charge is -2.23. The van der Waals surface area contributed by atoms with E-state index in [4.69, 9.17) is 4.74 Å². The average molecular weight is 492 g/mol. The Kier molecular flexibility index (Phi) is 7.43. The van der Waals surface area contributed by atoms with Gasteiger partial charge in [0.1, 0.15) is 5.75 Å². The van der Waals surface area contributed by atoms with E-state index in [0.29, 0.717) is 18.8 Å². The van der Waals surface area contributed by atoms with Gasteiger partial charge in [0, 0.05) is 22.8 Å². The first-order chi connectivity index (χ1) is 15.8. The van der Waals surface area contributed by atoms with E-state index in [1.165, 1.54) is 26.0 Å². The van der Waals surface area contributed by atoms with Gasteiger partial charge in [-0.15, -0.1) is 11.3 Å². The summed E-state index contributed by atoms with van der Waals surface area (Å²) < 4.78 is 44.2. The minimum Gasteiger partial charge on any atom is -0.478 e. The fourth-order valence-electron chi connectivity index (χ4n) is 3.50. The Morgan fingerprint density at radius 3 is 2.21 bits per heavy atom. The van der Waals surface area contributed by atoms with Gasteiger partial charge in [-0.3, -0.25) is 4.90 Å². The zero-order valence-electron chi connectivity index (χ0n) is 19.8. The van der Waals surface area contributed by atoms with Gasteiger partial charge in [-0.25, -0.2) is 4.79 Å². The number of carbonyl (C=O) groups is 1. The highest BCUT2D eigenvalue weighted by atomic mass is 32.1. The predicted octanol–water partition coefficient (Wildman–Crippen LogP) is 6.92. The molecule has 2 aromatic carbocycles. The van der Waals surface area contributed by atoms with E-state index < -0.39 is 23.3 Å². The Hall–Kier alpha value is -2.84. The lowest BCUT2D eigenvalue weighted by atomic mass is 10.1. The fraction of sp³-hybridized carbons (Fsp3) is 0.346. The van der Waals surface area contributed by atoms with Crippen molar-refractivity contribution in [2.45, 2.75) is 52.6 Å². The van der Waals surface area contributed by atoms with Crippen LogP contribution in [0.3, 0.4) is 0 Å². The molecule has 182 valence electrons. The molecule has 0 amide bonds. The lowest BCUT2D eigenvalue weighted by molar-refractivity contribution is -0.152. The van der Waals surface area contributed by atoms with E-state index in [1.54, 1.807) is 17.4 Å². The molecule has 0 bridgehead atoms. The molecule has 0 saturated carbocycles. The molecule has 0 spiro atoms. The second kappa shape index (κ2) is 9.80. The van der Waals surface area contributed by atoms with E-state index in [0.717, 1.165) is 44.1 Å². The second-order valence-electron chi connectivity index (χ2n) is 8.98. The predicted molar refractivity (Wildman–Crippen MR) is 128 cm³/mol. The van der Waals surface area contributed by atoms with E-state index >= 15 is 0 Å². The Balaban J connectivity index is 1.67. The lowest BCUT2D eigenvalue weighted by Crippen LogP contribution is -2.38. The number of alkyl halides is 3. The van der Waals surface area contributed by atoms with E-state index in [9.17, 15) is 23.1 Å². The summed E-state index contributed by atoms with van der Waals surface area (Å²) >= 11 is 1.58. The fourth-order valence-corrected chi connectivity index (χ4v) is 4.76. The van der Waals surface area contributed by atoms with Gasteiger partial charge < -0.3 is 9.84 Å². The third kappa shape index (κ3) is 6.18. The molecule has 0 radical (unpaired) electrons. The van der Waals surface area contributed by atoms with Crippen LogP contribution in [0.5, 0.6) is 5.75 Å². The summed E-state index contributed by atoms with van der Waals surface area (Å²) in [5, 5.41) is 9.27. The van der Waals surface area contributed by atoms with Crippen molar-refractivity contribution in [3.63, 3.8) is 0 Å². The third-order valence-electron chi connectivity index (χ3n) is 5.50. The maximum Gasteiger partial charge on any atom is 0.416 e. The normalized spacial score (nSPS) is 12.3. The number of benzene rings is 2. The monoisotopic (exact) mass is 491 g/mol. The number of aryl methyl sites for hydroxylation is 2. The van der Waals surface area contributed by atoms with Crippen molar-refractivity contribution in [1.82, 2.24) is 4.90 Å². The Labute approximate surface area is 201 Å². The average Bonchev–Trinajstić information content (AvgIpc) is 3.09. The van der Waals surface area contributed by atoms with Gasteiger partial charge in [0.05, 0.1) is 5.56 Å². The second-order valence-corrected chi connectivity index (χ2v) is 10.1. The number of rotatable bonds is 8. The SMILES string of the molecule is Cc1cc(CN(C)Cc2sc(-c3ccc(C(F)(F)F)cc3)cc2C)ccc1OC(C)(C)C(=O)O. The van der Waals surface area contributed by atoms with Crippen LogP contribution in [-0.2, 0) is 24.1 Å². The number of hydrogen-bond donors (Lipinski definition) is 1. The Morgan fingerprint density at radius 2 is 1.65 bits per heavy atom. The molecule has 3 aromatic rings. The Bertz CT molecular complexity index is 1170. The molecule has 0 aliphatic heterocycles. The Morgan fingerprint density at radius 1 is 1.00 bits per heavy atom. The summed E-state index contributed by atoms with van der Waals surface area (Å²) in [6.45, 7) is 8.29. The van der Waals surface area contributed by atoms with Crippen LogP contribution < -0.4 is 4.74 Å². The van der Waals surface area contributed by atoms with Crippen LogP contribution in [0.4, 0.5) is 13.2 Å². The van der Waals surface area contributed by atoms with Crippen molar-refractivity contribution in [2.75, 3.05) is 7.05 Å². The van der Waals surface area contributed by atoms with Gasteiger partial charge in [0.25, 0.3) is 0 Å². The third-order valence-corrected chi connectivity index (χ3v) is 6.77. The molecule has 0 unspecified atom stereocenters. The van der Waals surface area contributed by atoms with Gasteiger partial charge in [-0.2, -0.15) is 13.2 Å². The molecule has 1 heterocycles. The first-order valence-electron chi connectivity index (χ1n) is 10.7. The van der Waals surface area contributed by atoms with E-state index in [2.05, 4.69) is 4.90 Å². The smallest absolute Gasteiger partial charge is 0.416 e. The van der Waals surface area contributed by atoms with Gasteiger partial charge in [-0.05, 0) is 81.3 Å². The molecule has 1 N–H and O–H groups in total. The molecule has 0 atom stereocenters. The van der Waals surface area contributed by atoms with Gasteiger partial charge in [0.2, 0.25) is 0 Å². The van der Waals surface area contributed by atoms with Gasteiger partial charge in [0.15, 0.2) is 5.60 Å². The van der Waals surface area contributed by atoms with Gasteiger partial charge in [-0.1, -0.05) is 24.3 Å². The highest BCUT2D eigenvalue weighted by molar-refractivity contribution is 7.15. The minimum absolute atomic E-state index is 0.536. The van der Waals surface area contributed by atoms with Crippen LogP contribution >= 0.6 is 11.3 Å². The molecule has 1 aromatic heterocycles. The van der Waals surface area contributed by atoms with Crippen molar-refractivity contribution in [3.8, 4) is 16.2 Å². The van der Waals surface area contributed by atoms with Crippen molar-refractivity contribution >= 4 is 17.3 Å². The van der Waals surface area contributed by atoms with Crippen molar-refractivity contribution < 1.29 is 27.8 Å². The van der Waals surface area contributed by atoms with Crippen LogP contribution in [0, 0.1) is 13.8 Å². The molecular formula is C26H28F3NO3S. The van der Waals surface area contributed by atoms with Crippen molar-refractivity contribution in [3.05, 3.63) is 75.7 Å². The van der Waals surface area contributed by atoms with Crippen LogP contribution in [0.25, 0.3) is 10.4 Å². The number of aliphatic carboxylic acids is 1. The summed E-state index contributed by atoms with van der Waals surface area (Å²) in [6, 6.07) is 13.0. The molecule has 0 aliphatic rings. The first-order valence-corrected chi connectivity index (χ1v) is 11.6. The standard InChI is InChI=1S/C26H28F3NO3S/c1-16-12-18(6-11-21(16)33-25(3,4)24(31)32)14-30(5)15-23-17(2)13-22(34-23)19-7-9-20(10-8-19)26(27,28)29/h6-13H,14-15H2,1-5H3,(H,31,32). The summed E-state index contributed by atoms with van der Waals surface area (Å²) in [6.07, 6.45) is -4.34. The van der Waals surface area contributed by atoms with Crippen LogP contribution in [-0.4, -0.2) is 28.6 Å². The number of nitrogens with zero attached hydrogens (tertiary/aromatic N) is 1. The maximum absolute atomic E-state index is 12.8. The highest BCUT2D eigenvalue weighted by Crippen LogP contribution is 2.35. The maximum atomic E-state index is 12.8. The van der Waals surface area contributed by atoms with Crippen molar-refractivity contribution in [2.24, 2.45) is 0 Å². The molecule has 0 saturated heterocycles. The van der Waals surface area contributed by atoms with Crippen molar-refractivity contribution in [1.29, 1.82) is 0 Å². The zero-order chi connectivity index (χ0) is 25.3. The summed E-state index contributed by atoms with van der Waals surface area (Å²) in [4.78, 5) is 15.6. The molecule has 3 rings (SSSR count). The number of ether oxygens (including phenoxy) is 1. The zero-order valence-corrected chi connectivity index (χ0v) is 20.6. The molecule has 4 nitrogen and oxygen atoms in total. The first kappa shape index (κ1) is 25.8. The molecule has 0 fully saturated rings. The van der Waals surface area contributed by atoms with Gasteiger partial charge >= 0.3 is 12.1 Å². The number of halogens is 3. The minimum atomic E-state index is -4.34. The highest BCUT2D eigenvalue weighted by Gasteiger charge is 2.30. The summed E-state index contributed by atoms with van der Waals surface area (Å²) in [5.74, 6) is -0.494.